The molecule has 0 bridgehead atoms. The van der Waals surface area contributed by atoms with Crippen molar-refractivity contribution in [1.82, 2.24) is 0 Å². The first-order valence-corrected chi connectivity index (χ1v) is 8.23. The van der Waals surface area contributed by atoms with E-state index >= 15 is 0 Å². The molecule has 1 aromatic carbocycles. The Hall–Kier alpha value is -0.180. The van der Waals surface area contributed by atoms with Crippen LogP contribution in [0.4, 0.5) is 0 Å². The number of rotatable bonds is 4. The van der Waals surface area contributed by atoms with E-state index < -0.39 is 0 Å². The van der Waals surface area contributed by atoms with E-state index in [9.17, 15) is 0 Å². The van der Waals surface area contributed by atoms with E-state index in [1.807, 2.05) is 23.9 Å². The van der Waals surface area contributed by atoms with Gasteiger partial charge in [-0.05, 0) is 42.9 Å². The monoisotopic (exact) mass is 283 g/mol. The number of halogens is 1. The van der Waals surface area contributed by atoms with Gasteiger partial charge in [-0.3, -0.25) is 0 Å². The summed E-state index contributed by atoms with van der Waals surface area (Å²) in [6, 6.07) is 8.53. The summed E-state index contributed by atoms with van der Waals surface area (Å²) in [7, 11) is 0. The summed E-state index contributed by atoms with van der Waals surface area (Å²) in [4.78, 5) is 0. The quantitative estimate of drug-likeness (QED) is 0.882. The molecule has 0 radical (unpaired) electrons. The van der Waals surface area contributed by atoms with Crippen molar-refractivity contribution < 1.29 is 0 Å². The second kappa shape index (κ2) is 6.83. The van der Waals surface area contributed by atoms with Crippen LogP contribution in [0.1, 0.15) is 38.2 Å². The molecule has 0 amide bonds. The summed E-state index contributed by atoms with van der Waals surface area (Å²) in [5.41, 5.74) is 7.59. The van der Waals surface area contributed by atoms with Crippen molar-refractivity contribution in [2.75, 3.05) is 0 Å². The predicted octanol–water partition coefficient (Wildman–Crippen LogP) is 4.48. The first kappa shape index (κ1) is 14.2. The molecule has 1 aliphatic carbocycles. The maximum atomic E-state index is 6.24. The third-order valence-electron chi connectivity index (χ3n) is 3.91. The second-order valence-corrected chi connectivity index (χ2v) is 6.89. The zero-order chi connectivity index (χ0) is 13.0. The van der Waals surface area contributed by atoms with Gasteiger partial charge in [0.2, 0.25) is 0 Å². The maximum Gasteiger partial charge on any atom is 0.0406 e. The Labute approximate surface area is 119 Å². The Morgan fingerprint density at radius 1 is 1.28 bits per heavy atom. The molecule has 2 N–H and O–H groups in total. The van der Waals surface area contributed by atoms with E-state index in [2.05, 4.69) is 19.1 Å². The topological polar surface area (TPSA) is 26.0 Å². The van der Waals surface area contributed by atoms with E-state index in [0.29, 0.717) is 11.3 Å². The zero-order valence-corrected chi connectivity index (χ0v) is 12.5. The van der Waals surface area contributed by atoms with Crippen molar-refractivity contribution in [3.8, 4) is 0 Å². The number of hydrogen-bond donors (Lipinski definition) is 1. The minimum atomic E-state index is 0.380. The summed E-state index contributed by atoms with van der Waals surface area (Å²) in [5.74, 6) is 1.93. The molecule has 0 saturated heterocycles. The molecule has 3 atom stereocenters. The van der Waals surface area contributed by atoms with Crippen LogP contribution < -0.4 is 5.73 Å². The van der Waals surface area contributed by atoms with Crippen molar-refractivity contribution in [2.45, 2.75) is 49.7 Å². The van der Waals surface area contributed by atoms with Crippen LogP contribution in [0.15, 0.2) is 24.3 Å². The van der Waals surface area contributed by atoms with Crippen molar-refractivity contribution in [1.29, 1.82) is 0 Å². The highest BCUT2D eigenvalue weighted by atomic mass is 35.5. The highest BCUT2D eigenvalue weighted by molar-refractivity contribution is 7.99. The molecule has 0 aromatic heterocycles. The molecule has 1 aromatic rings. The van der Waals surface area contributed by atoms with Crippen LogP contribution in [-0.4, -0.2) is 11.3 Å². The Kier molecular flexibility index (Phi) is 5.40. The first-order chi connectivity index (χ1) is 8.69. The Bertz CT molecular complexity index is 365. The van der Waals surface area contributed by atoms with E-state index in [1.54, 1.807) is 0 Å². The third kappa shape index (κ3) is 3.91. The van der Waals surface area contributed by atoms with Gasteiger partial charge in [0.25, 0.3) is 0 Å². The van der Waals surface area contributed by atoms with Crippen LogP contribution in [0.5, 0.6) is 0 Å². The number of hydrogen-bond acceptors (Lipinski definition) is 2. The Morgan fingerprint density at radius 3 is 2.67 bits per heavy atom. The maximum absolute atomic E-state index is 6.24. The van der Waals surface area contributed by atoms with Gasteiger partial charge in [0.05, 0.1) is 0 Å². The lowest BCUT2D eigenvalue weighted by molar-refractivity contribution is 0.327. The normalized spacial score (nSPS) is 28.3. The second-order valence-electron chi connectivity index (χ2n) is 5.23. The van der Waals surface area contributed by atoms with E-state index in [0.717, 1.165) is 16.7 Å². The Morgan fingerprint density at radius 2 is 2.00 bits per heavy atom. The smallest absolute Gasteiger partial charge is 0.0406 e. The highest BCUT2D eigenvalue weighted by Crippen LogP contribution is 2.34. The third-order valence-corrected chi connectivity index (χ3v) is 5.63. The van der Waals surface area contributed by atoms with Crippen LogP contribution in [0.2, 0.25) is 5.02 Å². The molecule has 0 aliphatic heterocycles. The van der Waals surface area contributed by atoms with Gasteiger partial charge < -0.3 is 5.73 Å². The van der Waals surface area contributed by atoms with Crippen LogP contribution in [0, 0.1) is 5.92 Å². The largest absolute Gasteiger partial charge is 0.327 e. The van der Waals surface area contributed by atoms with Crippen LogP contribution >= 0.6 is 23.4 Å². The van der Waals surface area contributed by atoms with Crippen LogP contribution in [-0.2, 0) is 5.75 Å². The zero-order valence-electron chi connectivity index (χ0n) is 10.9. The molecule has 1 aliphatic rings. The molecule has 2 rings (SSSR count). The fraction of sp³-hybridized carbons (Fsp3) is 0.600. The summed E-state index contributed by atoms with van der Waals surface area (Å²) in [5, 5.41) is 1.43. The van der Waals surface area contributed by atoms with Gasteiger partial charge in [0.1, 0.15) is 0 Å². The highest BCUT2D eigenvalue weighted by Gasteiger charge is 2.27. The average molecular weight is 284 g/mol. The lowest BCUT2D eigenvalue weighted by Crippen LogP contribution is -2.38. The minimum absolute atomic E-state index is 0.380. The number of nitrogens with two attached hydrogens (primary N) is 1. The molecule has 1 nitrogen and oxygen atoms in total. The molecule has 3 heteroatoms. The van der Waals surface area contributed by atoms with Crippen molar-refractivity contribution in [2.24, 2.45) is 11.7 Å². The van der Waals surface area contributed by atoms with Crippen molar-refractivity contribution in [3.63, 3.8) is 0 Å². The van der Waals surface area contributed by atoms with Gasteiger partial charge >= 0.3 is 0 Å². The minimum Gasteiger partial charge on any atom is -0.327 e. The molecular weight excluding hydrogens is 262 g/mol. The summed E-state index contributed by atoms with van der Waals surface area (Å²) in [6.07, 6.45) is 5.09. The van der Waals surface area contributed by atoms with Gasteiger partial charge in [-0.25, -0.2) is 0 Å². The van der Waals surface area contributed by atoms with Gasteiger partial charge in [0, 0.05) is 22.1 Å². The molecule has 0 spiro atoms. The fourth-order valence-corrected chi connectivity index (χ4v) is 4.10. The molecule has 3 unspecified atom stereocenters. The standard InChI is InChI=1S/C15H22ClNS/c1-2-11-5-8-14(17)15(9-11)18-10-12-3-6-13(16)7-4-12/h3-4,6-7,11,14-15H,2,5,8-10,17H2,1H3. The van der Waals surface area contributed by atoms with Crippen molar-refractivity contribution >= 4 is 23.4 Å². The molecule has 1 fully saturated rings. The summed E-state index contributed by atoms with van der Waals surface area (Å²) < 4.78 is 0. The van der Waals surface area contributed by atoms with Gasteiger partial charge in [0.15, 0.2) is 0 Å². The molecule has 18 heavy (non-hydrogen) atoms. The fourth-order valence-electron chi connectivity index (χ4n) is 2.58. The van der Waals surface area contributed by atoms with Gasteiger partial charge in [-0.2, -0.15) is 11.8 Å². The molecule has 100 valence electrons. The van der Waals surface area contributed by atoms with E-state index in [4.69, 9.17) is 17.3 Å². The van der Waals surface area contributed by atoms with Crippen molar-refractivity contribution in [3.05, 3.63) is 34.9 Å². The van der Waals surface area contributed by atoms with E-state index in [-0.39, 0.29) is 0 Å². The number of thioether (sulfide) groups is 1. The predicted molar refractivity (Wildman–Crippen MR) is 82.1 cm³/mol. The van der Waals surface area contributed by atoms with Crippen LogP contribution in [0.25, 0.3) is 0 Å². The van der Waals surface area contributed by atoms with E-state index in [1.165, 1.54) is 31.2 Å². The summed E-state index contributed by atoms with van der Waals surface area (Å²) in [6.45, 7) is 2.29. The summed E-state index contributed by atoms with van der Waals surface area (Å²) >= 11 is 7.91. The van der Waals surface area contributed by atoms with Gasteiger partial charge in [-0.15, -0.1) is 0 Å². The SMILES string of the molecule is CCC1CCC(N)C(SCc2ccc(Cl)cc2)C1. The molecular formula is C15H22ClNS. The average Bonchev–Trinajstić information content (AvgIpc) is 2.40. The van der Waals surface area contributed by atoms with Crippen LogP contribution in [0.3, 0.4) is 0 Å². The lowest BCUT2D eigenvalue weighted by atomic mass is 9.84. The Balaban J connectivity index is 1.86. The number of benzene rings is 1. The lowest BCUT2D eigenvalue weighted by Gasteiger charge is -2.33. The van der Waals surface area contributed by atoms with Gasteiger partial charge in [-0.1, -0.05) is 37.1 Å². The molecule has 1 saturated carbocycles. The first-order valence-electron chi connectivity index (χ1n) is 6.80. The molecule has 0 heterocycles.